The summed E-state index contributed by atoms with van der Waals surface area (Å²) in [5, 5.41) is 16.5. The van der Waals surface area contributed by atoms with Crippen LogP contribution in [-0.2, 0) is 22.4 Å². The lowest BCUT2D eigenvalue weighted by molar-refractivity contribution is -0.129. The van der Waals surface area contributed by atoms with Crippen LogP contribution in [0.25, 0.3) is 10.9 Å². The predicted octanol–water partition coefficient (Wildman–Crippen LogP) is 4.08. The van der Waals surface area contributed by atoms with E-state index in [2.05, 4.69) is 25.6 Å². The maximum atomic E-state index is 13.6. The fraction of sp³-hybridized carbons (Fsp3) is 0.333. The number of carbonyl (C=O) groups is 3. The number of benzene rings is 2. The van der Waals surface area contributed by atoms with E-state index < -0.39 is 18.1 Å². The van der Waals surface area contributed by atoms with Gasteiger partial charge in [-0.05, 0) is 48.6 Å². The minimum absolute atomic E-state index is 0.0975. The first-order valence-corrected chi connectivity index (χ1v) is 13.2. The van der Waals surface area contributed by atoms with Gasteiger partial charge in [0, 0.05) is 29.2 Å². The number of hydrogen-bond acceptors (Lipinski definition) is 5. The summed E-state index contributed by atoms with van der Waals surface area (Å²) >= 11 is 0. The summed E-state index contributed by atoms with van der Waals surface area (Å²) in [5.74, 6) is -0.633. The Labute approximate surface area is 232 Å². The lowest BCUT2D eigenvalue weighted by Gasteiger charge is -2.24. The fourth-order valence-electron chi connectivity index (χ4n) is 4.74. The van der Waals surface area contributed by atoms with Gasteiger partial charge >= 0.3 is 5.97 Å². The summed E-state index contributed by atoms with van der Waals surface area (Å²) in [6.45, 7) is 5.59. The second-order valence-electron chi connectivity index (χ2n) is 10.3. The topological polar surface area (TPSA) is 149 Å². The number of carboxylic acid groups (broad SMARTS) is 1. The molecule has 4 rings (SSSR count). The second-order valence-corrected chi connectivity index (χ2v) is 10.3. The number of aryl methyl sites for hydroxylation is 1. The van der Waals surface area contributed by atoms with E-state index in [0.29, 0.717) is 30.1 Å². The number of methoxy groups -OCH3 is 1. The van der Waals surface area contributed by atoms with E-state index in [1.54, 1.807) is 26.2 Å². The SMILES string of the molecule is COc1ccc(CC(=O)NC(CC(C)C)C(=O)N[C@H](Cc2c[nH]c3ccccc23)c2nc(C(=O)O)c(C)[nH]2)cc1. The molecule has 10 heteroatoms. The molecule has 0 aliphatic heterocycles. The van der Waals surface area contributed by atoms with Crippen LogP contribution in [0.1, 0.15) is 59.4 Å². The van der Waals surface area contributed by atoms with Gasteiger partial charge in [0.05, 0.1) is 19.6 Å². The van der Waals surface area contributed by atoms with Crippen molar-refractivity contribution in [3.63, 3.8) is 0 Å². The number of nitrogens with one attached hydrogen (secondary N) is 4. The van der Waals surface area contributed by atoms with Crippen molar-refractivity contribution in [3.05, 3.63) is 83.1 Å². The van der Waals surface area contributed by atoms with Crippen LogP contribution in [0.3, 0.4) is 0 Å². The molecule has 2 aromatic heterocycles. The van der Waals surface area contributed by atoms with Gasteiger partial charge in [-0.25, -0.2) is 9.78 Å². The highest BCUT2D eigenvalue weighted by Gasteiger charge is 2.28. The van der Waals surface area contributed by atoms with Gasteiger partial charge in [0.15, 0.2) is 5.69 Å². The van der Waals surface area contributed by atoms with Gasteiger partial charge in [-0.15, -0.1) is 0 Å². The molecule has 40 heavy (non-hydrogen) atoms. The van der Waals surface area contributed by atoms with Gasteiger partial charge in [-0.3, -0.25) is 9.59 Å². The lowest BCUT2D eigenvalue weighted by atomic mass is 10.0. The largest absolute Gasteiger partial charge is 0.497 e. The third kappa shape index (κ3) is 6.88. The summed E-state index contributed by atoms with van der Waals surface area (Å²) in [5.41, 5.74) is 2.99. The summed E-state index contributed by atoms with van der Waals surface area (Å²) < 4.78 is 5.17. The Morgan fingerprint density at radius 1 is 1.05 bits per heavy atom. The van der Waals surface area contributed by atoms with E-state index in [-0.39, 0.29) is 29.8 Å². The first-order chi connectivity index (χ1) is 19.1. The number of aromatic carboxylic acids is 1. The zero-order valence-electron chi connectivity index (χ0n) is 23.1. The molecule has 0 saturated carbocycles. The number of aromatic nitrogens is 3. The van der Waals surface area contributed by atoms with E-state index >= 15 is 0 Å². The average Bonchev–Trinajstić information content (AvgIpc) is 3.51. The molecular weight excluding hydrogens is 510 g/mol. The normalized spacial score (nSPS) is 12.7. The van der Waals surface area contributed by atoms with Crippen LogP contribution in [0, 0.1) is 12.8 Å². The highest BCUT2D eigenvalue weighted by atomic mass is 16.5. The molecule has 5 N–H and O–H groups in total. The van der Waals surface area contributed by atoms with E-state index in [1.165, 1.54) is 0 Å². The minimum Gasteiger partial charge on any atom is -0.497 e. The Bertz CT molecular complexity index is 1490. The molecule has 2 atom stereocenters. The number of amides is 2. The molecule has 0 aliphatic rings. The van der Waals surface area contributed by atoms with Crippen molar-refractivity contribution in [2.45, 2.75) is 52.1 Å². The molecular formula is C30H35N5O5. The van der Waals surface area contributed by atoms with Gasteiger partial charge in [-0.1, -0.05) is 44.2 Å². The number of para-hydroxylation sites is 1. The van der Waals surface area contributed by atoms with Crippen molar-refractivity contribution < 1.29 is 24.2 Å². The number of imidazole rings is 1. The fourth-order valence-corrected chi connectivity index (χ4v) is 4.74. The molecule has 0 fully saturated rings. The van der Waals surface area contributed by atoms with Gasteiger partial charge < -0.3 is 30.4 Å². The molecule has 2 amide bonds. The third-order valence-corrected chi connectivity index (χ3v) is 6.73. The number of rotatable bonds is 12. The van der Waals surface area contributed by atoms with Crippen LogP contribution < -0.4 is 15.4 Å². The number of nitrogens with zero attached hydrogens (tertiary/aromatic N) is 1. The lowest BCUT2D eigenvalue weighted by Crippen LogP contribution is -2.49. The number of hydrogen-bond donors (Lipinski definition) is 5. The van der Waals surface area contributed by atoms with Gasteiger partial charge in [0.25, 0.3) is 0 Å². The highest BCUT2D eigenvalue weighted by molar-refractivity contribution is 5.89. The van der Waals surface area contributed by atoms with Crippen molar-refractivity contribution >= 4 is 28.7 Å². The Balaban J connectivity index is 1.56. The molecule has 2 heterocycles. The van der Waals surface area contributed by atoms with Gasteiger partial charge in [0.2, 0.25) is 11.8 Å². The zero-order chi connectivity index (χ0) is 28.8. The molecule has 0 aliphatic carbocycles. The monoisotopic (exact) mass is 545 g/mol. The summed E-state index contributed by atoms with van der Waals surface area (Å²) in [7, 11) is 1.58. The summed E-state index contributed by atoms with van der Waals surface area (Å²) in [4.78, 5) is 48.8. The highest BCUT2D eigenvalue weighted by Crippen LogP contribution is 2.25. The predicted molar refractivity (Wildman–Crippen MR) is 151 cm³/mol. The minimum atomic E-state index is -1.15. The molecule has 2 aromatic carbocycles. The standard InChI is InChI=1S/C30H35N5O5/c1-17(2)13-25(33-26(36)14-19-9-11-21(40-4)12-10-19)29(37)34-24(28-32-18(3)27(35-28)30(38)39)15-20-16-31-23-8-6-5-7-22(20)23/h5-12,16-17,24-25,31H,13-15H2,1-4H3,(H,32,35)(H,33,36)(H,34,37)(H,38,39)/t24-,25?/m1/s1. The summed E-state index contributed by atoms with van der Waals surface area (Å²) in [6.07, 6.45) is 2.78. The van der Waals surface area contributed by atoms with Crippen molar-refractivity contribution in [2.24, 2.45) is 5.92 Å². The Hall–Kier alpha value is -4.60. The Morgan fingerprint density at radius 2 is 1.77 bits per heavy atom. The van der Waals surface area contributed by atoms with E-state index in [0.717, 1.165) is 22.0 Å². The molecule has 0 spiro atoms. The van der Waals surface area contributed by atoms with E-state index in [9.17, 15) is 19.5 Å². The molecule has 1 unspecified atom stereocenters. The van der Waals surface area contributed by atoms with Crippen LogP contribution in [-0.4, -0.2) is 51.0 Å². The third-order valence-electron chi connectivity index (χ3n) is 6.73. The molecule has 0 radical (unpaired) electrons. The van der Waals surface area contributed by atoms with Crippen LogP contribution in [0.4, 0.5) is 0 Å². The van der Waals surface area contributed by atoms with Gasteiger partial charge in [-0.2, -0.15) is 0 Å². The molecule has 210 valence electrons. The molecule has 0 saturated heterocycles. The zero-order valence-corrected chi connectivity index (χ0v) is 23.1. The molecule has 0 bridgehead atoms. The first kappa shape index (κ1) is 28.4. The number of ether oxygens (including phenoxy) is 1. The van der Waals surface area contributed by atoms with Crippen molar-refractivity contribution in [3.8, 4) is 5.75 Å². The molecule has 4 aromatic rings. The average molecular weight is 546 g/mol. The smallest absolute Gasteiger partial charge is 0.356 e. The number of carboxylic acids is 1. The number of aromatic amines is 2. The number of carbonyl (C=O) groups excluding carboxylic acids is 2. The molecule has 10 nitrogen and oxygen atoms in total. The van der Waals surface area contributed by atoms with Crippen molar-refractivity contribution in [1.29, 1.82) is 0 Å². The van der Waals surface area contributed by atoms with Crippen LogP contribution in [0.2, 0.25) is 0 Å². The quantitative estimate of drug-likeness (QED) is 0.181. The van der Waals surface area contributed by atoms with Crippen molar-refractivity contribution in [1.82, 2.24) is 25.6 Å². The first-order valence-electron chi connectivity index (χ1n) is 13.2. The van der Waals surface area contributed by atoms with E-state index in [4.69, 9.17) is 4.74 Å². The van der Waals surface area contributed by atoms with E-state index in [1.807, 2.05) is 56.4 Å². The van der Waals surface area contributed by atoms with Crippen molar-refractivity contribution in [2.75, 3.05) is 7.11 Å². The van der Waals surface area contributed by atoms with Crippen LogP contribution in [0.5, 0.6) is 5.75 Å². The van der Waals surface area contributed by atoms with Crippen LogP contribution in [0.15, 0.2) is 54.7 Å². The Kier molecular flexibility index (Phi) is 8.88. The summed E-state index contributed by atoms with van der Waals surface area (Å²) in [6, 6.07) is 13.6. The number of fused-ring (bicyclic) bond motifs is 1. The maximum absolute atomic E-state index is 13.6. The second kappa shape index (κ2) is 12.5. The number of H-pyrrole nitrogens is 2. The maximum Gasteiger partial charge on any atom is 0.356 e. The Morgan fingerprint density at radius 3 is 2.42 bits per heavy atom. The van der Waals surface area contributed by atoms with Gasteiger partial charge in [0.1, 0.15) is 17.6 Å². The van der Waals surface area contributed by atoms with Crippen LogP contribution >= 0.6 is 0 Å².